The number of non-ortho nitro benzene ring substituents is 3. The zero-order valence-electron chi connectivity index (χ0n) is 47.3. The number of nitrogens with one attached hydrogen (secondary N) is 4. The fourth-order valence-electron chi connectivity index (χ4n) is 8.10. The van der Waals surface area contributed by atoms with Crippen LogP contribution < -0.4 is 32.7 Å². The summed E-state index contributed by atoms with van der Waals surface area (Å²) in [6.07, 6.45) is 1.46. The highest BCUT2D eigenvalue weighted by molar-refractivity contribution is 6.37. The number of aryl methyl sites for hydroxylation is 1. The third kappa shape index (κ3) is 18.5. The lowest BCUT2D eigenvalue weighted by atomic mass is 10.0. The van der Waals surface area contributed by atoms with Crippen LogP contribution in [0, 0.1) is 37.3 Å². The molecule has 0 atom stereocenters. The van der Waals surface area contributed by atoms with Crippen LogP contribution in [0.4, 0.5) is 51.2 Å². The number of nitrogen functional groups attached to an aromatic ring is 2. The molecule has 0 spiro atoms. The van der Waals surface area contributed by atoms with Crippen molar-refractivity contribution in [1.82, 2.24) is 0 Å². The molecule has 0 radical (unpaired) electrons. The minimum Gasteiger partial charge on any atom is -0.507 e. The summed E-state index contributed by atoms with van der Waals surface area (Å²) in [5.74, 6) is -2.49. The molecule has 10 aromatic rings. The number of nitro groups is 3. The second-order valence-electron chi connectivity index (χ2n) is 19.1. The van der Waals surface area contributed by atoms with Gasteiger partial charge in [0.05, 0.1) is 85.6 Å². The standard InChI is InChI=1S/C19H14ClN3O4.C17H10Cl2N2O5.C14H10Cl2N2O3.C13H10Cl2N2O2/c20-15-8-12(23(26)27)6-7-17(15)22-19(25)14-9-16(21)13(10-18(14)24)11-4-2-1-3-5-11;18-12-7-11(15(22)8-10(12)16-2-1-5-26-16)17(23)20-14-4-3-9(21(24)25)6-13(14)19;1-8-2-3-9(15)6-11(8)14(19)17-13-5-4-10(18(20)21)7-12(13)16;14-7-1-4-12(18)9(5-7)13(19)17-11-3-2-8(16)6-10(11)15/h1-10,24H,21H2,(H,22,25);1-8,22H,(H,20,23);2-7H,1H3,(H,17,19);1-6,18H,16H2,(H,17,19). The van der Waals surface area contributed by atoms with Crippen molar-refractivity contribution in [3.05, 3.63) is 276 Å². The van der Waals surface area contributed by atoms with Gasteiger partial charge in [-0.2, -0.15) is 0 Å². The van der Waals surface area contributed by atoms with E-state index in [1.807, 2.05) is 30.3 Å². The van der Waals surface area contributed by atoms with Gasteiger partial charge in [0.15, 0.2) is 0 Å². The molecule has 0 aliphatic carbocycles. The van der Waals surface area contributed by atoms with Gasteiger partial charge < -0.3 is 52.5 Å². The van der Waals surface area contributed by atoms with Crippen LogP contribution >= 0.6 is 81.2 Å². The Bertz CT molecular complexity index is 4550. The van der Waals surface area contributed by atoms with Crippen molar-refractivity contribution >= 4 is 156 Å². The average Bonchev–Trinajstić information content (AvgIpc) is 2.05. The summed E-state index contributed by atoms with van der Waals surface area (Å²) in [7, 11) is 0. The van der Waals surface area contributed by atoms with Gasteiger partial charge in [-0.3, -0.25) is 49.5 Å². The van der Waals surface area contributed by atoms with Crippen LogP contribution in [-0.4, -0.2) is 53.7 Å². The second-order valence-corrected chi connectivity index (χ2v) is 22.0. The monoisotopic (exact) mass is 1400 g/mol. The lowest BCUT2D eigenvalue weighted by Gasteiger charge is -2.12. The minimum atomic E-state index is -0.675. The zero-order chi connectivity index (χ0) is 68.0. The van der Waals surface area contributed by atoms with E-state index in [0.717, 1.165) is 23.3 Å². The first-order valence-electron chi connectivity index (χ1n) is 26.2. The molecule has 10 rings (SSSR count). The summed E-state index contributed by atoms with van der Waals surface area (Å²) in [6.45, 7) is 1.78. The molecule has 4 amide bonds. The molecule has 0 aliphatic heterocycles. The van der Waals surface area contributed by atoms with Gasteiger partial charge >= 0.3 is 0 Å². The smallest absolute Gasteiger partial charge is 0.271 e. The SMILES string of the molecule is Cc1ccc(Cl)cc1C(=O)Nc1ccc([N+](=O)[O-])cc1Cl.Nc1cc(C(=O)Nc2ccc([N+](=O)[O-])cc2Cl)c(O)cc1-c1ccccc1.Nc1ccc(NC(=O)c2cc(Cl)ccc2O)c(Cl)c1.O=C(Nc1ccc([N+](=O)[O-])cc1Cl)c1cc(Cl)c(-c2ccco2)cc1O. The second kappa shape index (κ2) is 31.4. The fraction of sp³-hybridized carbons (Fsp3) is 0.0159. The van der Waals surface area contributed by atoms with Crippen molar-refractivity contribution < 1.29 is 53.7 Å². The number of carbonyl (C=O) groups is 4. The molecule has 0 bridgehead atoms. The molecule has 23 nitrogen and oxygen atoms in total. The number of nitro benzene ring substituents is 3. The summed E-state index contributed by atoms with van der Waals surface area (Å²) in [6, 6.07) is 42.9. The molecule has 0 saturated heterocycles. The number of rotatable bonds is 13. The van der Waals surface area contributed by atoms with Gasteiger partial charge in [0.2, 0.25) is 0 Å². The number of hydrogen-bond donors (Lipinski definition) is 9. The van der Waals surface area contributed by atoms with Crippen LogP contribution in [0.15, 0.2) is 187 Å². The topological polar surface area (TPSA) is 372 Å². The Hall–Kier alpha value is -10.6. The van der Waals surface area contributed by atoms with Crippen LogP contribution in [-0.2, 0) is 0 Å². The Morgan fingerprint density at radius 1 is 0.419 bits per heavy atom. The number of furan rings is 1. The van der Waals surface area contributed by atoms with Crippen molar-refractivity contribution in [3.8, 4) is 39.7 Å². The van der Waals surface area contributed by atoms with E-state index in [4.69, 9.17) is 97.1 Å². The Balaban J connectivity index is 0.000000177. The van der Waals surface area contributed by atoms with Gasteiger partial charge in [0, 0.05) is 74.5 Å². The van der Waals surface area contributed by atoms with Gasteiger partial charge in [0.1, 0.15) is 23.0 Å². The molecular weight excluding hydrogens is 1350 g/mol. The Kier molecular flexibility index (Phi) is 23.6. The molecule has 93 heavy (non-hydrogen) atoms. The van der Waals surface area contributed by atoms with Crippen LogP contribution in [0.5, 0.6) is 17.2 Å². The first kappa shape index (κ1) is 69.8. The highest BCUT2D eigenvalue weighted by Crippen LogP contribution is 2.38. The van der Waals surface area contributed by atoms with Crippen LogP contribution in [0.25, 0.3) is 22.5 Å². The maximum Gasteiger partial charge on any atom is 0.271 e. The molecule has 0 fully saturated rings. The van der Waals surface area contributed by atoms with Crippen molar-refractivity contribution in [2.45, 2.75) is 6.92 Å². The predicted molar refractivity (Wildman–Crippen MR) is 360 cm³/mol. The van der Waals surface area contributed by atoms with Crippen molar-refractivity contribution in [3.63, 3.8) is 0 Å². The fourth-order valence-corrected chi connectivity index (χ4v) is 9.60. The lowest BCUT2D eigenvalue weighted by Crippen LogP contribution is -2.13. The van der Waals surface area contributed by atoms with Gasteiger partial charge in [-0.05, 0) is 121 Å². The molecule has 474 valence electrons. The molecule has 0 saturated carbocycles. The number of nitrogens with zero attached hydrogens (tertiary/aromatic N) is 3. The number of phenols is 3. The van der Waals surface area contributed by atoms with E-state index in [2.05, 4.69) is 21.3 Å². The third-order valence-electron chi connectivity index (χ3n) is 12.7. The number of anilines is 6. The number of nitrogens with two attached hydrogens (primary N) is 2. The summed E-state index contributed by atoms with van der Waals surface area (Å²) in [5.41, 5.74) is 15.9. The highest BCUT2D eigenvalue weighted by atomic mass is 35.5. The minimum absolute atomic E-state index is 0.00548. The van der Waals surface area contributed by atoms with E-state index >= 15 is 0 Å². The molecule has 1 heterocycles. The summed E-state index contributed by atoms with van der Waals surface area (Å²) in [4.78, 5) is 79.5. The van der Waals surface area contributed by atoms with Crippen LogP contribution in [0.2, 0.25) is 35.2 Å². The molecule has 9 aromatic carbocycles. The van der Waals surface area contributed by atoms with E-state index < -0.39 is 32.5 Å². The molecular formula is C63H44Cl7N9O14. The molecule has 30 heteroatoms. The molecule has 11 N–H and O–H groups in total. The largest absolute Gasteiger partial charge is 0.507 e. The summed E-state index contributed by atoms with van der Waals surface area (Å²) < 4.78 is 5.23. The van der Waals surface area contributed by atoms with E-state index in [-0.39, 0.29) is 88.4 Å². The Labute approximate surface area is 561 Å². The maximum atomic E-state index is 12.5. The predicted octanol–water partition coefficient (Wildman–Crippen LogP) is 17.6. The Morgan fingerprint density at radius 3 is 1.27 bits per heavy atom. The zero-order valence-corrected chi connectivity index (χ0v) is 52.6. The van der Waals surface area contributed by atoms with Gasteiger partial charge in [-0.1, -0.05) is 118 Å². The van der Waals surface area contributed by atoms with Gasteiger partial charge in [0.25, 0.3) is 40.7 Å². The van der Waals surface area contributed by atoms with Crippen molar-refractivity contribution in [2.24, 2.45) is 0 Å². The maximum absolute atomic E-state index is 12.5. The average molecular weight is 1400 g/mol. The van der Waals surface area contributed by atoms with Gasteiger partial charge in [-0.15, -0.1) is 0 Å². The van der Waals surface area contributed by atoms with E-state index in [0.29, 0.717) is 60.3 Å². The van der Waals surface area contributed by atoms with E-state index in [1.165, 1.54) is 97.3 Å². The van der Waals surface area contributed by atoms with Crippen molar-refractivity contribution in [1.29, 1.82) is 0 Å². The number of hydrogen-bond acceptors (Lipinski definition) is 16. The normalized spacial score (nSPS) is 10.4. The summed E-state index contributed by atoms with van der Waals surface area (Å²) >= 11 is 41.6. The van der Waals surface area contributed by atoms with Crippen molar-refractivity contribution in [2.75, 3.05) is 32.7 Å². The number of aromatic hydroxyl groups is 3. The number of carbonyl (C=O) groups excluding carboxylic acids is 4. The molecule has 0 unspecified atom stereocenters. The first-order chi connectivity index (χ1) is 44.1. The lowest BCUT2D eigenvalue weighted by molar-refractivity contribution is -0.385. The quantitative estimate of drug-likeness (QED) is 0.0224. The van der Waals surface area contributed by atoms with E-state index in [9.17, 15) is 64.8 Å². The van der Waals surface area contributed by atoms with Crippen LogP contribution in [0.1, 0.15) is 47.0 Å². The molecule has 1 aromatic heterocycles. The van der Waals surface area contributed by atoms with Gasteiger partial charge in [-0.25, -0.2) is 0 Å². The third-order valence-corrected chi connectivity index (χ3v) is 14.8. The highest BCUT2D eigenvalue weighted by Gasteiger charge is 2.22. The van der Waals surface area contributed by atoms with Crippen LogP contribution in [0.3, 0.4) is 0 Å². The Morgan fingerprint density at radius 2 is 0.828 bits per heavy atom. The molecule has 0 aliphatic rings. The number of halogens is 7. The first-order valence-corrected chi connectivity index (χ1v) is 28.8. The number of benzene rings is 9. The van der Waals surface area contributed by atoms with E-state index in [1.54, 1.807) is 49.4 Å². The number of phenolic OH excluding ortho intramolecular Hbond substituents is 3. The number of amides is 4. The summed E-state index contributed by atoms with van der Waals surface area (Å²) in [5, 5.41) is 73.8.